The summed E-state index contributed by atoms with van der Waals surface area (Å²) in [7, 11) is 3.05. The summed E-state index contributed by atoms with van der Waals surface area (Å²) in [6.07, 6.45) is 0.491. The highest BCUT2D eigenvalue weighted by Gasteiger charge is 2.17. The summed E-state index contributed by atoms with van der Waals surface area (Å²) in [4.78, 5) is 11.7. The summed E-state index contributed by atoms with van der Waals surface area (Å²) in [5.41, 5.74) is 0.539. The van der Waals surface area contributed by atoms with E-state index in [4.69, 9.17) is 13.9 Å². The van der Waals surface area contributed by atoms with Crippen LogP contribution in [0.2, 0.25) is 0 Å². The van der Waals surface area contributed by atoms with Crippen molar-refractivity contribution < 1.29 is 23.8 Å². The highest BCUT2D eigenvalue weighted by atomic mass is 16.5. The van der Waals surface area contributed by atoms with Crippen molar-refractivity contribution in [2.75, 3.05) is 20.8 Å². The van der Waals surface area contributed by atoms with Crippen LogP contribution in [-0.2, 0) is 0 Å². The molecule has 1 aromatic heterocycles. The van der Waals surface area contributed by atoms with Crippen LogP contribution >= 0.6 is 0 Å². The number of amides is 1. The molecular weight excluding hydrogens is 274 g/mol. The van der Waals surface area contributed by atoms with E-state index in [9.17, 15) is 9.90 Å². The molecule has 0 saturated carbocycles. The van der Waals surface area contributed by atoms with Gasteiger partial charge in [0.05, 0.1) is 20.5 Å². The third-order valence-electron chi connectivity index (χ3n) is 3.00. The number of rotatable bonds is 6. The Kier molecular flexibility index (Phi) is 4.84. The van der Waals surface area contributed by atoms with Gasteiger partial charge in [-0.2, -0.15) is 0 Å². The van der Waals surface area contributed by atoms with Crippen LogP contribution in [0.1, 0.15) is 22.2 Å². The van der Waals surface area contributed by atoms with Gasteiger partial charge in [-0.1, -0.05) is 0 Å². The highest BCUT2D eigenvalue weighted by Crippen LogP contribution is 2.29. The number of carbonyl (C=O) groups excluding carboxylic acids is 1. The summed E-state index contributed by atoms with van der Waals surface area (Å²) >= 11 is 0. The lowest BCUT2D eigenvalue weighted by Gasteiger charge is -2.16. The van der Waals surface area contributed by atoms with E-state index in [0.29, 0.717) is 17.1 Å². The molecule has 0 spiro atoms. The summed E-state index contributed by atoms with van der Waals surface area (Å²) in [5, 5.41) is 12.8. The maximum Gasteiger partial charge on any atom is 0.287 e. The van der Waals surface area contributed by atoms with Crippen molar-refractivity contribution in [3.05, 3.63) is 47.9 Å². The fourth-order valence-corrected chi connectivity index (χ4v) is 1.89. The number of furan rings is 1. The molecule has 0 aliphatic carbocycles. The van der Waals surface area contributed by atoms with Gasteiger partial charge in [-0.25, -0.2) is 0 Å². The number of benzene rings is 1. The molecule has 6 heteroatoms. The van der Waals surface area contributed by atoms with Crippen LogP contribution in [0.4, 0.5) is 0 Å². The molecule has 0 aliphatic rings. The zero-order chi connectivity index (χ0) is 15.2. The molecule has 0 saturated heterocycles. The van der Waals surface area contributed by atoms with E-state index in [1.54, 1.807) is 30.3 Å². The first-order chi connectivity index (χ1) is 10.2. The van der Waals surface area contributed by atoms with Gasteiger partial charge < -0.3 is 24.3 Å². The van der Waals surface area contributed by atoms with Crippen LogP contribution < -0.4 is 14.8 Å². The van der Waals surface area contributed by atoms with Crippen LogP contribution in [-0.4, -0.2) is 31.8 Å². The number of nitrogens with one attached hydrogen (secondary N) is 1. The van der Waals surface area contributed by atoms with Crippen molar-refractivity contribution in [2.24, 2.45) is 0 Å². The van der Waals surface area contributed by atoms with Crippen LogP contribution in [0.25, 0.3) is 0 Å². The normalized spacial score (nSPS) is 11.8. The Balaban J connectivity index is 2.05. The molecule has 1 aromatic carbocycles. The van der Waals surface area contributed by atoms with Crippen molar-refractivity contribution >= 4 is 5.91 Å². The standard InChI is InChI=1S/C15H17NO5/c1-19-10-5-6-13(20-2)11(8-10)12(17)9-16-15(18)14-4-3-7-21-14/h3-8,12,17H,9H2,1-2H3,(H,16,18). The van der Waals surface area contributed by atoms with Crippen molar-refractivity contribution in [1.82, 2.24) is 5.32 Å². The monoisotopic (exact) mass is 291 g/mol. The quantitative estimate of drug-likeness (QED) is 0.847. The number of aliphatic hydroxyl groups is 1. The predicted octanol–water partition coefficient (Wildman–Crippen LogP) is 1.76. The van der Waals surface area contributed by atoms with E-state index in [-0.39, 0.29) is 18.2 Å². The molecule has 0 aliphatic heterocycles. The molecule has 1 atom stereocenters. The van der Waals surface area contributed by atoms with Gasteiger partial charge in [0.2, 0.25) is 0 Å². The molecular formula is C15H17NO5. The minimum absolute atomic E-state index is 0.0308. The van der Waals surface area contributed by atoms with Crippen molar-refractivity contribution in [1.29, 1.82) is 0 Å². The van der Waals surface area contributed by atoms with Gasteiger partial charge in [0.1, 0.15) is 17.6 Å². The number of hydrogen-bond donors (Lipinski definition) is 2. The molecule has 1 amide bonds. The highest BCUT2D eigenvalue weighted by molar-refractivity contribution is 5.91. The maximum absolute atomic E-state index is 11.7. The Bertz CT molecular complexity index is 594. The Labute approximate surface area is 122 Å². The number of hydrogen-bond acceptors (Lipinski definition) is 5. The van der Waals surface area contributed by atoms with E-state index in [2.05, 4.69) is 5.32 Å². The summed E-state index contributed by atoms with van der Waals surface area (Å²) in [6.45, 7) is 0.0308. The maximum atomic E-state index is 11.7. The topological polar surface area (TPSA) is 80.9 Å². The lowest BCUT2D eigenvalue weighted by molar-refractivity contribution is 0.0887. The van der Waals surface area contributed by atoms with E-state index < -0.39 is 6.10 Å². The smallest absolute Gasteiger partial charge is 0.287 e. The van der Waals surface area contributed by atoms with Gasteiger partial charge >= 0.3 is 0 Å². The van der Waals surface area contributed by atoms with E-state index in [1.165, 1.54) is 20.5 Å². The largest absolute Gasteiger partial charge is 0.497 e. The van der Waals surface area contributed by atoms with Crippen molar-refractivity contribution in [3.8, 4) is 11.5 Å². The molecule has 2 N–H and O–H groups in total. The molecule has 0 radical (unpaired) electrons. The number of carbonyl (C=O) groups is 1. The molecule has 1 heterocycles. The molecule has 21 heavy (non-hydrogen) atoms. The summed E-state index contributed by atoms with van der Waals surface area (Å²) < 4.78 is 15.3. The zero-order valence-corrected chi connectivity index (χ0v) is 11.8. The van der Waals surface area contributed by atoms with E-state index >= 15 is 0 Å². The van der Waals surface area contributed by atoms with Crippen molar-refractivity contribution in [3.63, 3.8) is 0 Å². The molecule has 2 aromatic rings. The molecule has 0 fully saturated rings. The summed E-state index contributed by atoms with van der Waals surface area (Å²) in [5.74, 6) is 0.929. The zero-order valence-electron chi connectivity index (χ0n) is 11.8. The Hall–Kier alpha value is -2.47. The van der Waals surface area contributed by atoms with Crippen LogP contribution in [0, 0.1) is 0 Å². The fourth-order valence-electron chi connectivity index (χ4n) is 1.89. The van der Waals surface area contributed by atoms with Crippen molar-refractivity contribution in [2.45, 2.75) is 6.10 Å². The van der Waals surface area contributed by atoms with Gasteiger partial charge in [0.25, 0.3) is 5.91 Å². The molecule has 0 bridgehead atoms. The Morgan fingerprint density at radius 1 is 1.33 bits per heavy atom. The average Bonchev–Trinajstić information content (AvgIpc) is 3.06. The molecule has 6 nitrogen and oxygen atoms in total. The van der Waals surface area contributed by atoms with Gasteiger partial charge in [-0.05, 0) is 30.3 Å². The number of ether oxygens (including phenoxy) is 2. The second kappa shape index (κ2) is 6.81. The third kappa shape index (κ3) is 3.55. The second-order valence-corrected chi connectivity index (χ2v) is 4.31. The molecule has 2 rings (SSSR count). The Morgan fingerprint density at radius 3 is 2.76 bits per heavy atom. The fraction of sp³-hybridized carbons (Fsp3) is 0.267. The number of methoxy groups -OCH3 is 2. The van der Waals surface area contributed by atoms with Crippen LogP contribution in [0.15, 0.2) is 41.0 Å². The average molecular weight is 291 g/mol. The first-order valence-corrected chi connectivity index (χ1v) is 6.37. The minimum Gasteiger partial charge on any atom is -0.497 e. The van der Waals surface area contributed by atoms with Crippen LogP contribution in [0.5, 0.6) is 11.5 Å². The summed E-state index contributed by atoms with van der Waals surface area (Å²) in [6, 6.07) is 8.27. The third-order valence-corrected chi connectivity index (χ3v) is 3.00. The minimum atomic E-state index is -0.922. The first kappa shape index (κ1) is 14.9. The SMILES string of the molecule is COc1ccc(OC)c(C(O)CNC(=O)c2ccco2)c1. The van der Waals surface area contributed by atoms with Gasteiger partial charge in [-0.3, -0.25) is 4.79 Å². The predicted molar refractivity (Wildman–Crippen MR) is 75.5 cm³/mol. The first-order valence-electron chi connectivity index (χ1n) is 6.37. The molecule has 1 unspecified atom stereocenters. The second-order valence-electron chi connectivity index (χ2n) is 4.31. The lowest BCUT2D eigenvalue weighted by atomic mass is 10.1. The number of aliphatic hydroxyl groups excluding tert-OH is 1. The van der Waals surface area contributed by atoms with Gasteiger partial charge in [0, 0.05) is 12.1 Å². The van der Waals surface area contributed by atoms with Gasteiger partial charge in [0.15, 0.2) is 5.76 Å². The van der Waals surface area contributed by atoms with E-state index in [1.807, 2.05) is 0 Å². The van der Waals surface area contributed by atoms with Crippen LogP contribution in [0.3, 0.4) is 0 Å². The van der Waals surface area contributed by atoms with Gasteiger partial charge in [-0.15, -0.1) is 0 Å². The Morgan fingerprint density at radius 2 is 2.14 bits per heavy atom. The molecule has 112 valence electrons. The lowest BCUT2D eigenvalue weighted by Crippen LogP contribution is -2.28. The van der Waals surface area contributed by atoms with E-state index in [0.717, 1.165) is 0 Å².